The molecule has 0 aliphatic heterocycles. The second-order valence-electron chi connectivity index (χ2n) is 6.28. The van der Waals surface area contributed by atoms with Crippen LogP contribution in [0, 0.1) is 0 Å². The summed E-state index contributed by atoms with van der Waals surface area (Å²) in [7, 11) is 3.16. The van der Waals surface area contributed by atoms with Gasteiger partial charge in [0.1, 0.15) is 10.6 Å². The molecule has 0 aliphatic rings. The lowest BCUT2D eigenvalue weighted by Crippen LogP contribution is -2.34. The Kier molecular flexibility index (Phi) is 6.95. The lowest BCUT2D eigenvalue weighted by atomic mass is 10.2. The van der Waals surface area contributed by atoms with Crippen molar-refractivity contribution in [2.24, 2.45) is 0 Å². The number of amides is 2. The quantitative estimate of drug-likeness (QED) is 0.549. The molecule has 0 fully saturated rings. The molecule has 1 N–H and O–H groups in total. The molecular weight excluding hydrogens is 404 g/mol. The van der Waals surface area contributed by atoms with Crippen LogP contribution in [0.5, 0.6) is 5.75 Å². The van der Waals surface area contributed by atoms with E-state index in [9.17, 15) is 9.59 Å². The van der Waals surface area contributed by atoms with Crippen LogP contribution in [0.3, 0.4) is 0 Å². The molecule has 2 aromatic carbocycles. The van der Waals surface area contributed by atoms with Crippen molar-refractivity contribution in [1.82, 2.24) is 4.90 Å². The fraction of sp³-hybridized carbons (Fsp3) is 0.182. The summed E-state index contributed by atoms with van der Waals surface area (Å²) in [5, 5.41) is 2.88. The molecular formula is C22H22N2O3S2. The summed E-state index contributed by atoms with van der Waals surface area (Å²) < 4.78 is 5.41. The number of thiophene rings is 1. The third kappa shape index (κ3) is 4.99. The largest absolute Gasteiger partial charge is 0.495 e. The van der Waals surface area contributed by atoms with Crippen LogP contribution in [-0.2, 0) is 4.79 Å². The number of carbonyl (C=O) groups excluding carboxylic acids is 2. The van der Waals surface area contributed by atoms with Gasteiger partial charge in [-0.05, 0) is 30.0 Å². The average molecular weight is 427 g/mol. The number of rotatable bonds is 7. The highest BCUT2D eigenvalue weighted by atomic mass is 32.2. The van der Waals surface area contributed by atoms with E-state index < -0.39 is 0 Å². The van der Waals surface area contributed by atoms with E-state index in [2.05, 4.69) is 5.32 Å². The number of para-hydroxylation sites is 1. The number of benzene rings is 2. The number of anilines is 1. The number of ether oxygens (including phenoxy) is 1. The first-order valence-electron chi connectivity index (χ1n) is 8.95. The van der Waals surface area contributed by atoms with Gasteiger partial charge >= 0.3 is 0 Å². The molecule has 0 saturated carbocycles. The van der Waals surface area contributed by atoms with Gasteiger partial charge in [-0.2, -0.15) is 0 Å². The fourth-order valence-corrected chi connectivity index (χ4v) is 4.50. The predicted molar refractivity (Wildman–Crippen MR) is 120 cm³/mol. The molecule has 0 aliphatic carbocycles. The molecule has 0 bridgehead atoms. The van der Waals surface area contributed by atoms with Crippen LogP contribution >= 0.6 is 23.1 Å². The van der Waals surface area contributed by atoms with Crippen LogP contribution in [0.4, 0.5) is 5.69 Å². The summed E-state index contributed by atoms with van der Waals surface area (Å²) >= 11 is 2.91. The molecule has 3 aromatic rings. The SMILES string of the molecule is COc1cc(-c2ccccc2)sc1C(=O)N(C)CC(=O)Nc1ccccc1SC. The van der Waals surface area contributed by atoms with E-state index in [1.807, 2.05) is 66.9 Å². The van der Waals surface area contributed by atoms with Gasteiger partial charge in [0.2, 0.25) is 5.91 Å². The van der Waals surface area contributed by atoms with Gasteiger partial charge in [0, 0.05) is 16.8 Å². The van der Waals surface area contributed by atoms with E-state index in [1.54, 1.807) is 25.9 Å². The van der Waals surface area contributed by atoms with E-state index in [1.165, 1.54) is 16.2 Å². The molecule has 5 nitrogen and oxygen atoms in total. The van der Waals surface area contributed by atoms with Gasteiger partial charge in [-0.3, -0.25) is 9.59 Å². The Morgan fingerprint density at radius 1 is 1.10 bits per heavy atom. The molecule has 1 heterocycles. The Morgan fingerprint density at radius 3 is 2.48 bits per heavy atom. The summed E-state index contributed by atoms with van der Waals surface area (Å²) in [6, 6.07) is 19.3. The van der Waals surface area contributed by atoms with E-state index in [0.29, 0.717) is 10.6 Å². The van der Waals surface area contributed by atoms with Crippen LogP contribution in [0.2, 0.25) is 0 Å². The number of methoxy groups -OCH3 is 1. The van der Waals surface area contributed by atoms with Crippen molar-refractivity contribution in [1.29, 1.82) is 0 Å². The van der Waals surface area contributed by atoms with E-state index in [-0.39, 0.29) is 18.4 Å². The summed E-state index contributed by atoms with van der Waals surface area (Å²) in [5.74, 6) is 0.0160. The molecule has 0 unspecified atom stereocenters. The minimum atomic E-state index is -0.249. The number of thioether (sulfide) groups is 1. The monoisotopic (exact) mass is 426 g/mol. The zero-order chi connectivity index (χ0) is 20.8. The maximum Gasteiger partial charge on any atom is 0.267 e. The topological polar surface area (TPSA) is 58.6 Å². The molecule has 2 amide bonds. The van der Waals surface area contributed by atoms with Crippen molar-refractivity contribution in [3.63, 3.8) is 0 Å². The molecule has 0 spiro atoms. The van der Waals surface area contributed by atoms with Crippen LogP contribution in [0.15, 0.2) is 65.6 Å². The van der Waals surface area contributed by atoms with Crippen LogP contribution < -0.4 is 10.1 Å². The fourth-order valence-electron chi connectivity index (χ4n) is 2.82. The van der Waals surface area contributed by atoms with E-state index in [0.717, 1.165) is 21.0 Å². The van der Waals surface area contributed by atoms with Gasteiger partial charge < -0.3 is 15.0 Å². The Hall–Kier alpha value is -2.77. The average Bonchev–Trinajstić information content (AvgIpc) is 3.18. The van der Waals surface area contributed by atoms with Gasteiger partial charge in [-0.1, -0.05) is 42.5 Å². The molecule has 0 saturated heterocycles. The van der Waals surface area contributed by atoms with Gasteiger partial charge in [-0.15, -0.1) is 23.1 Å². The Bertz CT molecular complexity index is 1000. The number of hydrogen-bond acceptors (Lipinski definition) is 5. The number of carbonyl (C=O) groups is 2. The third-order valence-electron chi connectivity index (χ3n) is 4.28. The van der Waals surface area contributed by atoms with Gasteiger partial charge in [-0.25, -0.2) is 0 Å². The zero-order valence-electron chi connectivity index (χ0n) is 16.5. The maximum atomic E-state index is 13.0. The third-order valence-corrected chi connectivity index (χ3v) is 6.23. The second-order valence-corrected chi connectivity index (χ2v) is 8.18. The first kappa shape index (κ1) is 21.0. The lowest BCUT2D eigenvalue weighted by Gasteiger charge is -2.17. The number of likely N-dealkylation sites (N-methyl/N-ethyl adjacent to an activating group) is 1. The van der Waals surface area contributed by atoms with Gasteiger partial charge in [0.05, 0.1) is 19.3 Å². The van der Waals surface area contributed by atoms with Gasteiger partial charge in [0.25, 0.3) is 5.91 Å². The first-order valence-corrected chi connectivity index (χ1v) is 11.0. The molecule has 0 atom stereocenters. The minimum absolute atomic E-state index is 0.0523. The highest BCUT2D eigenvalue weighted by Crippen LogP contribution is 2.36. The minimum Gasteiger partial charge on any atom is -0.495 e. The molecule has 3 rings (SSSR count). The standard InChI is InChI=1S/C22H22N2O3S2/c1-24(14-20(25)23-16-11-7-8-12-18(16)28-3)22(26)21-17(27-2)13-19(29-21)15-9-5-4-6-10-15/h4-13H,14H2,1-3H3,(H,23,25). The number of nitrogens with one attached hydrogen (secondary N) is 1. The van der Waals surface area contributed by atoms with E-state index in [4.69, 9.17) is 4.74 Å². The summed E-state index contributed by atoms with van der Waals surface area (Å²) in [5.41, 5.74) is 1.76. The van der Waals surface area contributed by atoms with Crippen molar-refractivity contribution in [2.75, 3.05) is 32.3 Å². The normalized spacial score (nSPS) is 10.4. The zero-order valence-corrected chi connectivity index (χ0v) is 18.1. The predicted octanol–water partition coefficient (Wildman–Crippen LogP) is 4.86. The Labute approximate surface area is 178 Å². The molecule has 1 aromatic heterocycles. The van der Waals surface area contributed by atoms with Crippen molar-refractivity contribution in [2.45, 2.75) is 4.90 Å². The Balaban J connectivity index is 1.73. The van der Waals surface area contributed by atoms with Crippen molar-refractivity contribution in [3.8, 4) is 16.2 Å². The van der Waals surface area contributed by atoms with Crippen LogP contribution in [-0.4, -0.2) is 43.7 Å². The number of nitrogens with zero attached hydrogens (tertiary/aromatic N) is 1. The van der Waals surface area contributed by atoms with Crippen LogP contribution in [0.1, 0.15) is 9.67 Å². The smallest absolute Gasteiger partial charge is 0.267 e. The molecule has 150 valence electrons. The molecule has 0 radical (unpaired) electrons. The second kappa shape index (κ2) is 9.62. The van der Waals surface area contributed by atoms with Gasteiger partial charge in [0.15, 0.2) is 0 Å². The first-order chi connectivity index (χ1) is 14.0. The number of hydrogen-bond donors (Lipinski definition) is 1. The lowest BCUT2D eigenvalue weighted by molar-refractivity contribution is -0.116. The molecule has 29 heavy (non-hydrogen) atoms. The highest BCUT2D eigenvalue weighted by molar-refractivity contribution is 7.98. The summed E-state index contributed by atoms with van der Waals surface area (Å²) in [6.45, 7) is -0.0523. The maximum absolute atomic E-state index is 13.0. The van der Waals surface area contributed by atoms with Crippen LogP contribution in [0.25, 0.3) is 10.4 Å². The van der Waals surface area contributed by atoms with Crippen molar-refractivity contribution in [3.05, 3.63) is 65.5 Å². The molecule has 7 heteroatoms. The van der Waals surface area contributed by atoms with E-state index >= 15 is 0 Å². The Morgan fingerprint density at radius 2 is 1.79 bits per heavy atom. The highest BCUT2D eigenvalue weighted by Gasteiger charge is 2.22. The van der Waals surface area contributed by atoms with Crippen molar-refractivity contribution >= 4 is 40.6 Å². The summed E-state index contributed by atoms with van der Waals surface area (Å²) in [4.78, 5) is 29.2. The van der Waals surface area contributed by atoms with Crippen molar-refractivity contribution < 1.29 is 14.3 Å². The summed E-state index contributed by atoms with van der Waals surface area (Å²) in [6.07, 6.45) is 1.95.